The lowest BCUT2D eigenvalue weighted by molar-refractivity contribution is -0.125. The van der Waals surface area contributed by atoms with Crippen molar-refractivity contribution in [2.24, 2.45) is 10.9 Å². The van der Waals surface area contributed by atoms with Crippen LogP contribution in [0.25, 0.3) is 0 Å². The zero-order valence-electron chi connectivity index (χ0n) is 11.4. The van der Waals surface area contributed by atoms with Gasteiger partial charge in [-0.15, -0.1) is 0 Å². The second kappa shape index (κ2) is 5.81. The van der Waals surface area contributed by atoms with Gasteiger partial charge >= 0.3 is 0 Å². The van der Waals surface area contributed by atoms with E-state index in [1.807, 2.05) is 6.92 Å². The lowest BCUT2D eigenvalue weighted by Gasteiger charge is -2.39. The number of rotatable bonds is 5. The highest BCUT2D eigenvalue weighted by Gasteiger charge is 2.33. The molecule has 1 amide bonds. The van der Waals surface area contributed by atoms with Crippen molar-refractivity contribution in [1.82, 2.24) is 5.32 Å². The minimum atomic E-state index is -0.118. The fraction of sp³-hybridized carbons (Fsp3) is 0.429. The quantitative estimate of drug-likeness (QED) is 0.326. The Balaban J connectivity index is 1.83. The van der Waals surface area contributed by atoms with Gasteiger partial charge in [0.1, 0.15) is 5.75 Å². The van der Waals surface area contributed by atoms with E-state index in [4.69, 9.17) is 15.7 Å². The second-order valence-electron chi connectivity index (χ2n) is 5.26. The van der Waals surface area contributed by atoms with Crippen molar-refractivity contribution in [2.45, 2.75) is 31.7 Å². The number of nitrogens with zero attached hydrogens (tertiary/aromatic N) is 1. The third-order valence-corrected chi connectivity index (χ3v) is 3.53. The molecule has 0 aromatic heterocycles. The molecule has 1 aromatic carbocycles. The highest BCUT2D eigenvalue weighted by Crippen LogP contribution is 2.30. The summed E-state index contributed by atoms with van der Waals surface area (Å²) in [6, 6.07) is 6.67. The van der Waals surface area contributed by atoms with Crippen LogP contribution in [-0.4, -0.2) is 29.1 Å². The number of amidine groups is 1. The Kier molecular flexibility index (Phi) is 4.12. The van der Waals surface area contributed by atoms with Crippen LogP contribution in [0.15, 0.2) is 29.4 Å². The van der Waals surface area contributed by atoms with Gasteiger partial charge in [-0.05, 0) is 50.5 Å². The molecule has 0 bridgehead atoms. The smallest absolute Gasteiger partial charge is 0.258 e. The van der Waals surface area contributed by atoms with Crippen molar-refractivity contribution in [1.29, 1.82) is 0 Å². The Morgan fingerprint density at radius 1 is 1.45 bits per heavy atom. The average molecular weight is 277 g/mol. The third-order valence-electron chi connectivity index (χ3n) is 3.53. The van der Waals surface area contributed by atoms with E-state index in [1.54, 1.807) is 24.3 Å². The maximum absolute atomic E-state index is 11.7. The summed E-state index contributed by atoms with van der Waals surface area (Å²) in [5, 5.41) is 14.4. The van der Waals surface area contributed by atoms with Gasteiger partial charge in [0.25, 0.3) is 5.91 Å². The summed E-state index contributed by atoms with van der Waals surface area (Å²) in [6.07, 6.45) is 3.20. The first-order valence-corrected chi connectivity index (χ1v) is 6.54. The molecule has 1 aliphatic carbocycles. The van der Waals surface area contributed by atoms with Gasteiger partial charge in [-0.3, -0.25) is 4.79 Å². The van der Waals surface area contributed by atoms with Crippen molar-refractivity contribution in [3.63, 3.8) is 0 Å². The lowest BCUT2D eigenvalue weighted by Crippen LogP contribution is -2.52. The van der Waals surface area contributed by atoms with E-state index in [1.165, 1.54) is 0 Å². The van der Waals surface area contributed by atoms with E-state index in [0.717, 1.165) is 19.3 Å². The van der Waals surface area contributed by atoms with Crippen LogP contribution in [0.1, 0.15) is 31.7 Å². The summed E-state index contributed by atoms with van der Waals surface area (Å²) in [4.78, 5) is 11.7. The standard InChI is InChI=1S/C14H19N3O3/c1-14(7-2-8-14)16-12(18)9-20-11-5-3-10(4-6-11)13(15)17-19/h3-6,19H,2,7-9H2,1H3,(H2,15,17)(H,16,18). The molecule has 0 unspecified atom stereocenters. The molecule has 0 saturated heterocycles. The Morgan fingerprint density at radius 3 is 2.60 bits per heavy atom. The zero-order chi connectivity index (χ0) is 14.6. The monoisotopic (exact) mass is 277 g/mol. The van der Waals surface area contributed by atoms with Crippen LogP contribution in [0.3, 0.4) is 0 Å². The van der Waals surface area contributed by atoms with Gasteiger partial charge in [-0.25, -0.2) is 0 Å². The summed E-state index contributed by atoms with van der Waals surface area (Å²) >= 11 is 0. The van der Waals surface area contributed by atoms with Crippen LogP contribution in [0, 0.1) is 0 Å². The van der Waals surface area contributed by atoms with Crippen LogP contribution in [0.2, 0.25) is 0 Å². The highest BCUT2D eigenvalue weighted by molar-refractivity contribution is 5.97. The molecule has 1 saturated carbocycles. The normalized spacial score (nSPS) is 17.1. The Bertz CT molecular complexity index is 507. The lowest BCUT2D eigenvalue weighted by atomic mass is 9.78. The summed E-state index contributed by atoms with van der Waals surface area (Å²) in [5.74, 6) is 0.480. The van der Waals surface area contributed by atoms with Crippen LogP contribution in [0.4, 0.5) is 0 Å². The van der Waals surface area contributed by atoms with Gasteiger partial charge in [0.15, 0.2) is 12.4 Å². The molecular formula is C14H19N3O3. The molecule has 20 heavy (non-hydrogen) atoms. The van der Waals surface area contributed by atoms with Gasteiger partial charge in [-0.1, -0.05) is 5.16 Å². The van der Waals surface area contributed by atoms with Gasteiger partial charge in [0, 0.05) is 11.1 Å². The summed E-state index contributed by atoms with van der Waals surface area (Å²) in [5.41, 5.74) is 5.98. The molecule has 6 heteroatoms. The maximum Gasteiger partial charge on any atom is 0.258 e. The van der Waals surface area contributed by atoms with E-state index in [2.05, 4.69) is 10.5 Å². The topological polar surface area (TPSA) is 96.9 Å². The number of oxime groups is 1. The fourth-order valence-corrected chi connectivity index (χ4v) is 2.13. The van der Waals surface area contributed by atoms with Crippen molar-refractivity contribution in [3.05, 3.63) is 29.8 Å². The number of carbonyl (C=O) groups is 1. The van der Waals surface area contributed by atoms with Crippen molar-refractivity contribution >= 4 is 11.7 Å². The average Bonchev–Trinajstić information content (AvgIpc) is 2.43. The van der Waals surface area contributed by atoms with Crippen LogP contribution in [0.5, 0.6) is 5.75 Å². The molecule has 1 aromatic rings. The molecule has 0 atom stereocenters. The molecule has 0 spiro atoms. The molecular weight excluding hydrogens is 258 g/mol. The van der Waals surface area contributed by atoms with Crippen molar-refractivity contribution in [3.8, 4) is 5.75 Å². The number of ether oxygens (including phenoxy) is 1. The SMILES string of the molecule is CC1(NC(=O)COc2ccc(/C(N)=N/O)cc2)CCC1. The van der Waals surface area contributed by atoms with Crippen LogP contribution < -0.4 is 15.8 Å². The van der Waals surface area contributed by atoms with Gasteiger partial charge in [0.2, 0.25) is 0 Å². The first kappa shape index (κ1) is 14.2. The number of nitrogens with two attached hydrogens (primary N) is 1. The largest absolute Gasteiger partial charge is 0.484 e. The van der Waals surface area contributed by atoms with Gasteiger partial charge in [-0.2, -0.15) is 0 Å². The molecule has 1 fully saturated rings. The van der Waals surface area contributed by atoms with E-state index in [-0.39, 0.29) is 23.9 Å². The first-order chi connectivity index (χ1) is 9.52. The third kappa shape index (κ3) is 3.40. The summed E-state index contributed by atoms with van der Waals surface area (Å²) < 4.78 is 5.40. The predicted octanol–water partition coefficient (Wildman–Crippen LogP) is 1.22. The summed E-state index contributed by atoms with van der Waals surface area (Å²) in [7, 11) is 0. The number of amides is 1. The maximum atomic E-state index is 11.7. The highest BCUT2D eigenvalue weighted by atomic mass is 16.5. The Hall–Kier alpha value is -2.24. The number of benzene rings is 1. The van der Waals surface area contributed by atoms with Crippen molar-refractivity contribution in [2.75, 3.05) is 6.61 Å². The van der Waals surface area contributed by atoms with E-state index in [9.17, 15) is 4.79 Å². The molecule has 0 heterocycles. The number of hydrogen-bond donors (Lipinski definition) is 3. The molecule has 0 aliphatic heterocycles. The minimum Gasteiger partial charge on any atom is -0.484 e. The molecule has 0 radical (unpaired) electrons. The molecule has 6 nitrogen and oxygen atoms in total. The first-order valence-electron chi connectivity index (χ1n) is 6.54. The molecule has 4 N–H and O–H groups in total. The molecule has 108 valence electrons. The minimum absolute atomic E-state index is 0.0154. The number of hydrogen-bond acceptors (Lipinski definition) is 4. The second-order valence-corrected chi connectivity index (χ2v) is 5.26. The Morgan fingerprint density at radius 2 is 2.10 bits per heavy atom. The van der Waals surface area contributed by atoms with Crippen molar-refractivity contribution < 1.29 is 14.7 Å². The van der Waals surface area contributed by atoms with Gasteiger partial charge < -0.3 is 21.0 Å². The number of carbonyl (C=O) groups excluding carboxylic acids is 1. The number of nitrogens with one attached hydrogen (secondary N) is 1. The van der Waals surface area contributed by atoms with Crippen LogP contribution in [-0.2, 0) is 4.79 Å². The van der Waals surface area contributed by atoms with E-state index < -0.39 is 0 Å². The fourth-order valence-electron chi connectivity index (χ4n) is 2.13. The summed E-state index contributed by atoms with van der Waals surface area (Å²) in [6.45, 7) is 2.03. The molecule has 1 aliphatic rings. The zero-order valence-corrected chi connectivity index (χ0v) is 11.4. The Labute approximate surface area is 117 Å². The van der Waals surface area contributed by atoms with E-state index in [0.29, 0.717) is 11.3 Å². The van der Waals surface area contributed by atoms with Crippen LogP contribution >= 0.6 is 0 Å². The van der Waals surface area contributed by atoms with E-state index >= 15 is 0 Å². The van der Waals surface area contributed by atoms with Gasteiger partial charge in [0.05, 0.1) is 0 Å². The predicted molar refractivity (Wildman–Crippen MR) is 74.8 cm³/mol. The molecule has 2 rings (SSSR count).